The van der Waals surface area contributed by atoms with Crippen LogP contribution in [0.3, 0.4) is 0 Å². The number of Topliss-reactive ketones (excluding diaryl/α,β-unsaturated/α-hetero) is 1. The fraction of sp³-hybridized carbons (Fsp3) is 0.333. The van der Waals surface area contributed by atoms with Gasteiger partial charge < -0.3 is 0 Å². The van der Waals surface area contributed by atoms with E-state index in [0.717, 1.165) is 16.7 Å². The molecule has 0 aliphatic heterocycles. The van der Waals surface area contributed by atoms with E-state index in [1.165, 1.54) is 0 Å². The molecule has 1 aromatic carbocycles. The van der Waals surface area contributed by atoms with Gasteiger partial charge >= 0.3 is 0 Å². The maximum absolute atomic E-state index is 11.6. The number of thioether (sulfide) groups is 1. The van der Waals surface area contributed by atoms with Crippen molar-refractivity contribution in [3.05, 3.63) is 30.3 Å². The second kappa shape index (κ2) is 4.62. The summed E-state index contributed by atoms with van der Waals surface area (Å²) in [6, 6.07) is 9.20. The summed E-state index contributed by atoms with van der Waals surface area (Å²) in [7, 11) is 0. The van der Waals surface area contributed by atoms with Gasteiger partial charge in [0.25, 0.3) is 5.12 Å². The molecule has 0 aliphatic carbocycles. The number of rotatable bonds is 2. The van der Waals surface area contributed by atoms with Crippen LogP contribution in [0.2, 0.25) is 0 Å². The number of carbonyl (C=O) groups is 2. The zero-order valence-corrected chi connectivity index (χ0v) is 9.93. The molecule has 0 radical (unpaired) electrons. The Morgan fingerprint density at radius 1 is 1.07 bits per heavy atom. The molecule has 0 saturated carbocycles. The van der Waals surface area contributed by atoms with Gasteiger partial charge in [-0.3, -0.25) is 9.59 Å². The summed E-state index contributed by atoms with van der Waals surface area (Å²) in [5.74, 6) is -0.337. The van der Waals surface area contributed by atoms with Crippen LogP contribution in [0.4, 0.5) is 0 Å². The summed E-state index contributed by atoms with van der Waals surface area (Å²) >= 11 is 0.990. The molecule has 0 saturated heterocycles. The third kappa shape index (κ3) is 3.51. The van der Waals surface area contributed by atoms with Gasteiger partial charge in [0, 0.05) is 10.3 Å². The summed E-state index contributed by atoms with van der Waals surface area (Å²) < 4.78 is 0. The highest BCUT2D eigenvalue weighted by Crippen LogP contribution is 2.24. The molecule has 0 N–H and O–H groups in total. The topological polar surface area (TPSA) is 34.1 Å². The molecule has 0 amide bonds. The van der Waals surface area contributed by atoms with Gasteiger partial charge in [-0.2, -0.15) is 0 Å². The zero-order chi connectivity index (χ0) is 11.5. The molecular formula is C12H14O2S. The normalized spacial score (nSPS) is 11.1. The largest absolute Gasteiger partial charge is 0.289 e. The SMILES string of the molecule is CC(C)(C)C(=O)C(=O)Sc1ccccc1. The Morgan fingerprint density at radius 3 is 2.07 bits per heavy atom. The lowest BCUT2D eigenvalue weighted by molar-refractivity contribution is -0.136. The predicted octanol–water partition coefficient (Wildman–Crippen LogP) is 2.92. The Kier molecular flexibility index (Phi) is 3.69. The minimum Gasteiger partial charge on any atom is -0.289 e. The predicted molar refractivity (Wildman–Crippen MR) is 61.8 cm³/mol. The van der Waals surface area contributed by atoms with Gasteiger partial charge in [0.15, 0.2) is 0 Å². The molecule has 0 bridgehead atoms. The van der Waals surface area contributed by atoms with E-state index in [2.05, 4.69) is 0 Å². The average Bonchev–Trinajstić information content (AvgIpc) is 2.16. The first-order chi connectivity index (χ1) is 6.91. The molecule has 1 rings (SSSR count). The second-order valence-corrected chi connectivity index (χ2v) is 5.33. The van der Waals surface area contributed by atoms with Crippen molar-refractivity contribution in [3.8, 4) is 0 Å². The van der Waals surface area contributed by atoms with Crippen molar-refractivity contribution in [1.82, 2.24) is 0 Å². The van der Waals surface area contributed by atoms with Gasteiger partial charge in [-0.25, -0.2) is 0 Å². The van der Waals surface area contributed by atoms with Gasteiger partial charge in [0.1, 0.15) is 0 Å². The smallest absolute Gasteiger partial charge is 0.260 e. The highest BCUT2D eigenvalue weighted by molar-refractivity contribution is 8.15. The van der Waals surface area contributed by atoms with Gasteiger partial charge in [-0.05, 0) is 23.9 Å². The van der Waals surface area contributed by atoms with E-state index in [1.54, 1.807) is 20.8 Å². The first-order valence-electron chi connectivity index (χ1n) is 4.73. The van der Waals surface area contributed by atoms with Crippen LogP contribution in [-0.2, 0) is 9.59 Å². The highest BCUT2D eigenvalue weighted by atomic mass is 32.2. The molecule has 2 nitrogen and oxygen atoms in total. The summed E-state index contributed by atoms with van der Waals surface area (Å²) in [5, 5.41) is -0.395. The Balaban J connectivity index is 2.69. The number of hydrogen-bond donors (Lipinski definition) is 0. The van der Waals surface area contributed by atoms with Crippen LogP contribution in [-0.4, -0.2) is 10.9 Å². The van der Waals surface area contributed by atoms with E-state index in [9.17, 15) is 9.59 Å². The minimum atomic E-state index is -0.598. The van der Waals surface area contributed by atoms with Crippen LogP contribution < -0.4 is 0 Å². The van der Waals surface area contributed by atoms with Crippen LogP contribution in [0, 0.1) is 5.41 Å². The van der Waals surface area contributed by atoms with Crippen molar-refractivity contribution in [1.29, 1.82) is 0 Å². The fourth-order valence-electron chi connectivity index (χ4n) is 0.948. The van der Waals surface area contributed by atoms with Gasteiger partial charge in [-0.1, -0.05) is 39.0 Å². The molecule has 80 valence electrons. The first kappa shape index (κ1) is 12.0. The average molecular weight is 222 g/mol. The van der Waals surface area contributed by atoms with Crippen LogP contribution in [0.5, 0.6) is 0 Å². The molecular weight excluding hydrogens is 208 g/mol. The maximum atomic E-state index is 11.6. The molecule has 0 atom stereocenters. The Bertz CT molecular complexity index is 363. The van der Waals surface area contributed by atoms with Crippen molar-refractivity contribution >= 4 is 22.7 Å². The van der Waals surface area contributed by atoms with Crippen LogP contribution in [0.25, 0.3) is 0 Å². The third-order valence-electron chi connectivity index (χ3n) is 1.82. The van der Waals surface area contributed by atoms with E-state index in [0.29, 0.717) is 0 Å². The molecule has 0 heterocycles. The van der Waals surface area contributed by atoms with Crippen LogP contribution >= 0.6 is 11.8 Å². The van der Waals surface area contributed by atoms with Crippen molar-refractivity contribution in [2.45, 2.75) is 25.7 Å². The highest BCUT2D eigenvalue weighted by Gasteiger charge is 2.28. The number of carbonyl (C=O) groups excluding carboxylic acids is 2. The molecule has 3 heteroatoms. The molecule has 0 unspecified atom stereocenters. The molecule has 15 heavy (non-hydrogen) atoms. The Labute approximate surface area is 94.1 Å². The standard InChI is InChI=1S/C12H14O2S/c1-12(2,3)10(13)11(14)15-9-7-5-4-6-8-9/h4-8H,1-3H3. The summed E-state index contributed by atoms with van der Waals surface area (Å²) in [5.41, 5.74) is -0.598. The van der Waals surface area contributed by atoms with E-state index in [-0.39, 0.29) is 5.78 Å². The summed E-state index contributed by atoms with van der Waals surface area (Å²) in [6.45, 7) is 5.25. The molecule has 0 aliphatic rings. The van der Waals surface area contributed by atoms with E-state index >= 15 is 0 Å². The lowest BCUT2D eigenvalue weighted by Crippen LogP contribution is -2.26. The fourth-order valence-corrected chi connectivity index (χ4v) is 1.85. The molecule has 0 fully saturated rings. The molecule has 0 spiro atoms. The Hall–Kier alpha value is -1.09. The van der Waals surface area contributed by atoms with Gasteiger partial charge in [-0.15, -0.1) is 0 Å². The third-order valence-corrected chi connectivity index (χ3v) is 2.70. The number of benzene rings is 1. The van der Waals surface area contributed by atoms with Crippen molar-refractivity contribution in [3.63, 3.8) is 0 Å². The Morgan fingerprint density at radius 2 is 1.60 bits per heavy atom. The summed E-state index contributed by atoms with van der Waals surface area (Å²) in [6.07, 6.45) is 0. The summed E-state index contributed by atoms with van der Waals surface area (Å²) in [4.78, 5) is 24.0. The lowest BCUT2D eigenvalue weighted by Gasteiger charge is -2.14. The van der Waals surface area contributed by atoms with Crippen molar-refractivity contribution in [2.75, 3.05) is 0 Å². The first-order valence-corrected chi connectivity index (χ1v) is 5.54. The van der Waals surface area contributed by atoms with Crippen molar-refractivity contribution in [2.24, 2.45) is 5.41 Å². The van der Waals surface area contributed by atoms with E-state index in [4.69, 9.17) is 0 Å². The minimum absolute atomic E-state index is 0.337. The number of hydrogen-bond acceptors (Lipinski definition) is 3. The lowest BCUT2D eigenvalue weighted by atomic mass is 9.92. The van der Waals surface area contributed by atoms with Gasteiger partial charge in [0.2, 0.25) is 5.78 Å². The number of ketones is 1. The molecule has 1 aromatic rings. The second-order valence-electron chi connectivity index (χ2n) is 4.28. The van der Waals surface area contributed by atoms with Crippen LogP contribution in [0.15, 0.2) is 35.2 Å². The van der Waals surface area contributed by atoms with E-state index < -0.39 is 10.5 Å². The molecule has 0 aromatic heterocycles. The van der Waals surface area contributed by atoms with Gasteiger partial charge in [0.05, 0.1) is 0 Å². The van der Waals surface area contributed by atoms with Crippen LogP contribution in [0.1, 0.15) is 20.8 Å². The maximum Gasteiger partial charge on any atom is 0.260 e. The monoisotopic (exact) mass is 222 g/mol. The quantitative estimate of drug-likeness (QED) is 0.570. The zero-order valence-electron chi connectivity index (χ0n) is 9.11. The van der Waals surface area contributed by atoms with Crippen molar-refractivity contribution < 1.29 is 9.59 Å². The van der Waals surface area contributed by atoms with E-state index in [1.807, 2.05) is 30.3 Å².